The van der Waals surface area contributed by atoms with Gasteiger partial charge in [0.05, 0.1) is 17.2 Å². The molecule has 3 nitrogen and oxygen atoms in total. The second-order valence-corrected chi connectivity index (χ2v) is 5.05. The molecule has 5 heteroatoms. The molecule has 0 radical (unpaired) electrons. The number of rotatable bonds is 3. The number of phenols is 1. The average molecular weight is 323 g/mol. The van der Waals surface area contributed by atoms with Gasteiger partial charge in [-0.1, -0.05) is 53.6 Å². The molecule has 0 unspecified atom stereocenters. The summed E-state index contributed by atoms with van der Waals surface area (Å²) in [7, 11) is 1.27. The molecule has 0 spiro atoms. The predicted molar refractivity (Wildman–Crippen MR) is 84.8 cm³/mol. The van der Waals surface area contributed by atoms with Crippen molar-refractivity contribution < 1.29 is 14.6 Å². The molecule has 0 saturated carbocycles. The van der Waals surface area contributed by atoms with E-state index in [0.29, 0.717) is 15.6 Å². The van der Waals surface area contributed by atoms with E-state index in [9.17, 15) is 9.90 Å². The van der Waals surface area contributed by atoms with Crippen molar-refractivity contribution in [2.45, 2.75) is 0 Å². The molecule has 0 heterocycles. The maximum Gasteiger partial charge on any atom is 0.342 e. The lowest BCUT2D eigenvalue weighted by Crippen LogP contribution is -2.03. The Morgan fingerprint density at radius 1 is 1.14 bits per heavy atom. The first kappa shape index (κ1) is 15.4. The fourth-order valence-electron chi connectivity index (χ4n) is 1.82. The van der Waals surface area contributed by atoms with Crippen LogP contribution < -0.4 is 0 Å². The number of carbonyl (C=O) groups excluding carboxylic acids is 1. The Bertz CT molecular complexity index is 709. The van der Waals surface area contributed by atoms with Gasteiger partial charge in [-0.25, -0.2) is 4.79 Å². The van der Waals surface area contributed by atoms with E-state index in [1.54, 1.807) is 42.5 Å². The molecule has 0 amide bonds. The molecular weight excluding hydrogens is 311 g/mol. The minimum absolute atomic E-state index is 0.122. The Morgan fingerprint density at radius 3 is 2.57 bits per heavy atom. The van der Waals surface area contributed by atoms with Crippen molar-refractivity contribution in [2.24, 2.45) is 0 Å². The highest BCUT2D eigenvalue weighted by atomic mass is 35.5. The topological polar surface area (TPSA) is 46.5 Å². The lowest BCUT2D eigenvalue weighted by Gasteiger charge is -2.06. The van der Waals surface area contributed by atoms with Gasteiger partial charge >= 0.3 is 5.97 Å². The van der Waals surface area contributed by atoms with Crippen LogP contribution >= 0.6 is 23.2 Å². The molecule has 1 N–H and O–H groups in total. The molecule has 21 heavy (non-hydrogen) atoms. The molecule has 0 saturated heterocycles. The Balaban J connectivity index is 2.39. The number of hydrogen-bond acceptors (Lipinski definition) is 3. The van der Waals surface area contributed by atoms with Gasteiger partial charge in [-0.2, -0.15) is 0 Å². The van der Waals surface area contributed by atoms with Crippen LogP contribution in [-0.4, -0.2) is 18.2 Å². The summed E-state index contributed by atoms with van der Waals surface area (Å²) in [6.07, 6.45) is 3.47. The largest absolute Gasteiger partial charge is 0.507 e. The van der Waals surface area contributed by atoms with E-state index in [2.05, 4.69) is 4.74 Å². The number of esters is 1. The number of hydrogen-bond donors (Lipinski definition) is 1. The van der Waals surface area contributed by atoms with E-state index >= 15 is 0 Å². The normalized spacial score (nSPS) is 10.8. The predicted octanol–water partition coefficient (Wildman–Crippen LogP) is 4.66. The minimum Gasteiger partial charge on any atom is -0.507 e. The van der Waals surface area contributed by atoms with Gasteiger partial charge in [0.1, 0.15) is 11.3 Å². The Morgan fingerprint density at radius 2 is 1.90 bits per heavy atom. The Labute approximate surface area is 132 Å². The fraction of sp³-hybridized carbons (Fsp3) is 0.0625. The van der Waals surface area contributed by atoms with Gasteiger partial charge in [-0.05, 0) is 29.3 Å². The zero-order valence-corrected chi connectivity index (χ0v) is 12.7. The summed E-state index contributed by atoms with van der Waals surface area (Å²) >= 11 is 11.8. The van der Waals surface area contributed by atoms with Crippen LogP contribution in [0.2, 0.25) is 10.0 Å². The lowest BCUT2D eigenvalue weighted by atomic mass is 10.0. The molecule has 0 aliphatic rings. The van der Waals surface area contributed by atoms with Crippen molar-refractivity contribution in [3.05, 3.63) is 63.1 Å². The number of aromatic hydroxyl groups is 1. The van der Waals surface area contributed by atoms with E-state index < -0.39 is 5.97 Å². The molecular formula is C16H12Cl2O3. The standard InChI is InChI=1S/C16H12Cl2O3/c1-21-16(20)15-11(3-2-4-14(15)19)7-5-10-6-8-12(17)13(18)9-10/h2-9,19H,1H3/b7-5+. The number of halogens is 2. The fourth-order valence-corrected chi connectivity index (χ4v) is 2.13. The van der Waals surface area contributed by atoms with Gasteiger partial charge in [0, 0.05) is 0 Å². The quantitative estimate of drug-likeness (QED) is 0.660. The Hall–Kier alpha value is -1.97. The van der Waals surface area contributed by atoms with Gasteiger partial charge < -0.3 is 9.84 Å². The van der Waals surface area contributed by atoms with Crippen LogP contribution in [0.25, 0.3) is 12.2 Å². The summed E-state index contributed by atoms with van der Waals surface area (Å²) < 4.78 is 4.67. The van der Waals surface area contributed by atoms with Crippen molar-refractivity contribution in [2.75, 3.05) is 7.11 Å². The molecule has 2 aromatic rings. The molecule has 2 rings (SSSR count). The second-order valence-electron chi connectivity index (χ2n) is 4.24. The summed E-state index contributed by atoms with van der Waals surface area (Å²) in [5.74, 6) is -0.722. The van der Waals surface area contributed by atoms with Gasteiger partial charge in [-0.15, -0.1) is 0 Å². The molecule has 0 aliphatic heterocycles. The highest BCUT2D eigenvalue weighted by Crippen LogP contribution is 2.26. The number of phenolic OH excluding ortho intramolecular Hbond substituents is 1. The third-order valence-electron chi connectivity index (χ3n) is 2.86. The smallest absolute Gasteiger partial charge is 0.342 e. The van der Waals surface area contributed by atoms with Crippen LogP contribution in [0.3, 0.4) is 0 Å². The monoisotopic (exact) mass is 322 g/mol. The third kappa shape index (κ3) is 3.57. The van der Waals surface area contributed by atoms with E-state index in [1.165, 1.54) is 13.2 Å². The zero-order valence-electron chi connectivity index (χ0n) is 11.1. The van der Waals surface area contributed by atoms with Gasteiger partial charge in [-0.3, -0.25) is 0 Å². The maximum absolute atomic E-state index is 11.7. The summed E-state index contributed by atoms with van der Waals surface area (Å²) in [6.45, 7) is 0. The number of methoxy groups -OCH3 is 1. The molecule has 0 bridgehead atoms. The van der Waals surface area contributed by atoms with Gasteiger partial charge in [0.25, 0.3) is 0 Å². The zero-order chi connectivity index (χ0) is 15.4. The van der Waals surface area contributed by atoms with Crippen LogP contribution in [0.1, 0.15) is 21.5 Å². The highest BCUT2D eigenvalue weighted by Gasteiger charge is 2.14. The molecule has 0 atom stereocenters. The minimum atomic E-state index is -0.595. The van der Waals surface area contributed by atoms with E-state index in [-0.39, 0.29) is 11.3 Å². The second kappa shape index (κ2) is 6.66. The average Bonchev–Trinajstić information content (AvgIpc) is 2.48. The maximum atomic E-state index is 11.7. The first-order chi connectivity index (χ1) is 10.0. The SMILES string of the molecule is COC(=O)c1c(O)cccc1/C=C/c1ccc(Cl)c(Cl)c1. The lowest BCUT2D eigenvalue weighted by molar-refractivity contribution is 0.0597. The van der Waals surface area contributed by atoms with Crippen molar-refractivity contribution in [1.82, 2.24) is 0 Å². The Kier molecular flexibility index (Phi) is 4.89. The number of ether oxygens (including phenoxy) is 1. The molecule has 0 aliphatic carbocycles. The number of benzene rings is 2. The third-order valence-corrected chi connectivity index (χ3v) is 3.60. The molecule has 0 fully saturated rings. The van der Waals surface area contributed by atoms with E-state index in [4.69, 9.17) is 23.2 Å². The van der Waals surface area contributed by atoms with Crippen LogP contribution in [0, 0.1) is 0 Å². The first-order valence-electron chi connectivity index (χ1n) is 6.06. The summed E-state index contributed by atoms with van der Waals surface area (Å²) in [5.41, 5.74) is 1.49. The van der Waals surface area contributed by atoms with Crippen LogP contribution in [-0.2, 0) is 4.74 Å². The van der Waals surface area contributed by atoms with E-state index in [0.717, 1.165) is 5.56 Å². The van der Waals surface area contributed by atoms with Crippen molar-refractivity contribution in [3.8, 4) is 5.75 Å². The molecule has 2 aromatic carbocycles. The highest BCUT2D eigenvalue weighted by molar-refractivity contribution is 6.42. The van der Waals surface area contributed by atoms with Crippen LogP contribution in [0.4, 0.5) is 0 Å². The van der Waals surface area contributed by atoms with Crippen LogP contribution in [0.5, 0.6) is 5.75 Å². The number of carbonyl (C=O) groups is 1. The summed E-state index contributed by atoms with van der Waals surface area (Å²) in [5, 5.41) is 10.7. The van der Waals surface area contributed by atoms with Crippen molar-refractivity contribution in [1.29, 1.82) is 0 Å². The van der Waals surface area contributed by atoms with Crippen molar-refractivity contribution in [3.63, 3.8) is 0 Å². The summed E-state index contributed by atoms with van der Waals surface area (Å²) in [6, 6.07) is 9.98. The van der Waals surface area contributed by atoms with Crippen LogP contribution in [0.15, 0.2) is 36.4 Å². The molecule has 0 aromatic heterocycles. The first-order valence-corrected chi connectivity index (χ1v) is 6.82. The molecule has 108 valence electrons. The van der Waals surface area contributed by atoms with E-state index in [1.807, 2.05) is 0 Å². The summed E-state index contributed by atoms with van der Waals surface area (Å²) in [4.78, 5) is 11.7. The van der Waals surface area contributed by atoms with Gasteiger partial charge in [0.15, 0.2) is 0 Å². The van der Waals surface area contributed by atoms with Crippen molar-refractivity contribution >= 4 is 41.3 Å². The van der Waals surface area contributed by atoms with Gasteiger partial charge in [0.2, 0.25) is 0 Å².